The molecule has 3 heteroatoms. The van der Waals surface area contributed by atoms with E-state index >= 15 is 0 Å². The molecule has 1 N–H and O–H groups in total. The minimum Gasteiger partial charge on any atom is -0.388 e. The highest BCUT2D eigenvalue weighted by Gasteiger charge is 2.23. The van der Waals surface area contributed by atoms with Gasteiger partial charge in [0.1, 0.15) is 5.82 Å². The fourth-order valence-electron chi connectivity index (χ4n) is 3.11. The summed E-state index contributed by atoms with van der Waals surface area (Å²) in [4.78, 5) is 2.06. The highest BCUT2D eigenvalue weighted by Crippen LogP contribution is 2.33. The van der Waals surface area contributed by atoms with E-state index in [1.807, 2.05) is 26.2 Å². The maximum Gasteiger partial charge on any atom is 0.123 e. The summed E-state index contributed by atoms with van der Waals surface area (Å²) in [6.07, 6.45) is -0.686. The molecule has 0 fully saturated rings. The van der Waals surface area contributed by atoms with Gasteiger partial charge in [-0.3, -0.25) is 0 Å². The first-order chi connectivity index (χ1) is 11.5. The highest BCUT2D eigenvalue weighted by molar-refractivity contribution is 5.83. The van der Waals surface area contributed by atoms with Gasteiger partial charge in [0.15, 0.2) is 0 Å². The van der Waals surface area contributed by atoms with Gasteiger partial charge >= 0.3 is 0 Å². The zero-order valence-electron chi connectivity index (χ0n) is 14.0. The van der Waals surface area contributed by atoms with Crippen LogP contribution in [0.15, 0.2) is 66.7 Å². The molecule has 0 heterocycles. The van der Waals surface area contributed by atoms with Gasteiger partial charge in [0.25, 0.3) is 0 Å². The van der Waals surface area contributed by atoms with E-state index < -0.39 is 6.10 Å². The fourth-order valence-corrected chi connectivity index (χ4v) is 3.11. The van der Waals surface area contributed by atoms with E-state index in [1.165, 1.54) is 17.5 Å². The lowest BCUT2D eigenvalue weighted by Gasteiger charge is -2.27. The molecule has 0 bridgehead atoms. The van der Waals surface area contributed by atoms with Gasteiger partial charge in [-0.2, -0.15) is 0 Å². The number of hydrogen-bond acceptors (Lipinski definition) is 2. The first-order valence-corrected chi connectivity index (χ1v) is 8.11. The second-order valence-corrected chi connectivity index (χ2v) is 6.47. The molecule has 0 aliphatic carbocycles. The molecule has 3 aromatic carbocycles. The third-order valence-electron chi connectivity index (χ3n) is 4.36. The van der Waals surface area contributed by atoms with Crippen LogP contribution in [-0.2, 0) is 0 Å². The van der Waals surface area contributed by atoms with Crippen molar-refractivity contribution in [2.24, 2.45) is 0 Å². The van der Waals surface area contributed by atoms with Crippen LogP contribution in [0.1, 0.15) is 23.1 Å². The third kappa shape index (κ3) is 3.64. The van der Waals surface area contributed by atoms with E-state index in [9.17, 15) is 9.50 Å². The van der Waals surface area contributed by atoms with Crippen molar-refractivity contribution in [3.8, 4) is 0 Å². The number of likely N-dealkylation sites (N-methyl/N-ethyl adjacent to an activating group) is 1. The van der Waals surface area contributed by atoms with E-state index in [-0.39, 0.29) is 11.7 Å². The Morgan fingerprint density at radius 3 is 2.17 bits per heavy atom. The quantitative estimate of drug-likeness (QED) is 0.754. The van der Waals surface area contributed by atoms with Crippen LogP contribution in [0.4, 0.5) is 4.39 Å². The molecular formula is C21H22FNO. The Hall–Kier alpha value is -2.23. The molecule has 24 heavy (non-hydrogen) atoms. The molecule has 0 radical (unpaired) electrons. The van der Waals surface area contributed by atoms with E-state index in [1.54, 1.807) is 12.1 Å². The molecule has 0 unspecified atom stereocenters. The summed E-state index contributed by atoms with van der Waals surface area (Å²) in [5, 5.41) is 13.2. The summed E-state index contributed by atoms with van der Waals surface area (Å²) in [5.74, 6) is -0.379. The van der Waals surface area contributed by atoms with Gasteiger partial charge in [0, 0.05) is 12.5 Å². The second kappa shape index (κ2) is 7.12. The number of halogens is 1. The molecule has 0 aromatic heterocycles. The first-order valence-electron chi connectivity index (χ1n) is 8.11. The van der Waals surface area contributed by atoms with Crippen LogP contribution in [0.25, 0.3) is 10.8 Å². The summed E-state index contributed by atoms with van der Waals surface area (Å²) in [6.45, 7) is 0.705. The Morgan fingerprint density at radius 2 is 1.50 bits per heavy atom. The SMILES string of the molecule is CN(C)C[C@H](c1ccc2ccccc2c1)[C@H](O)c1ccc(F)cc1. The van der Waals surface area contributed by atoms with Crippen molar-refractivity contribution in [2.75, 3.05) is 20.6 Å². The Balaban J connectivity index is 1.99. The zero-order chi connectivity index (χ0) is 17.1. The number of hydrogen-bond donors (Lipinski definition) is 1. The van der Waals surface area contributed by atoms with Crippen LogP contribution in [0.3, 0.4) is 0 Å². The van der Waals surface area contributed by atoms with Gasteiger partial charge in [0.05, 0.1) is 6.10 Å². The number of aliphatic hydroxyl groups is 1. The maximum atomic E-state index is 13.2. The Morgan fingerprint density at radius 1 is 0.875 bits per heavy atom. The van der Waals surface area contributed by atoms with E-state index in [2.05, 4.69) is 35.2 Å². The van der Waals surface area contributed by atoms with Gasteiger partial charge < -0.3 is 10.0 Å². The van der Waals surface area contributed by atoms with Crippen molar-refractivity contribution in [1.29, 1.82) is 0 Å². The standard InChI is InChI=1S/C21H22FNO/c1-23(2)14-20(21(24)16-9-11-19(22)12-10-16)18-8-7-15-5-3-4-6-17(15)13-18/h3-13,20-21,24H,14H2,1-2H3/t20-,21-/m1/s1. The zero-order valence-corrected chi connectivity index (χ0v) is 14.0. The minimum absolute atomic E-state index is 0.0879. The molecule has 0 amide bonds. The molecule has 124 valence electrons. The van der Waals surface area contributed by atoms with Gasteiger partial charge in [-0.05, 0) is 48.1 Å². The van der Waals surface area contributed by atoms with Crippen LogP contribution < -0.4 is 0 Å². The molecule has 3 aromatic rings. The number of benzene rings is 3. The predicted molar refractivity (Wildman–Crippen MR) is 96.6 cm³/mol. The Labute approximate surface area is 142 Å². The molecule has 0 spiro atoms. The average Bonchev–Trinajstić information content (AvgIpc) is 2.59. The van der Waals surface area contributed by atoms with Crippen LogP contribution in [0, 0.1) is 5.82 Å². The topological polar surface area (TPSA) is 23.5 Å². The van der Waals surface area contributed by atoms with Crippen molar-refractivity contribution < 1.29 is 9.50 Å². The molecule has 0 aliphatic heterocycles. The normalized spacial score (nSPS) is 14.0. The van der Waals surface area contributed by atoms with E-state index in [0.717, 1.165) is 16.5 Å². The van der Waals surface area contributed by atoms with Crippen molar-refractivity contribution in [3.63, 3.8) is 0 Å². The lowest BCUT2D eigenvalue weighted by atomic mass is 9.87. The van der Waals surface area contributed by atoms with Crippen LogP contribution >= 0.6 is 0 Å². The molecule has 3 rings (SSSR count). The molecule has 0 aliphatic rings. The summed E-state index contributed by atoms with van der Waals surface area (Å²) in [5.41, 5.74) is 1.82. The Kier molecular flexibility index (Phi) is 4.93. The molecular weight excluding hydrogens is 301 g/mol. The van der Waals surface area contributed by atoms with Crippen LogP contribution in [0.2, 0.25) is 0 Å². The first kappa shape index (κ1) is 16.6. The lowest BCUT2D eigenvalue weighted by molar-refractivity contribution is 0.128. The van der Waals surface area contributed by atoms with Gasteiger partial charge in [-0.25, -0.2) is 4.39 Å². The van der Waals surface area contributed by atoms with Crippen molar-refractivity contribution >= 4 is 10.8 Å². The maximum absolute atomic E-state index is 13.2. The smallest absolute Gasteiger partial charge is 0.123 e. The summed E-state index contributed by atoms with van der Waals surface area (Å²) in [6, 6.07) is 20.6. The molecule has 2 nitrogen and oxygen atoms in total. The van der Waals surface area contributed by atoms with Crippen LogP contribution in [0.5, 0.6) is 0 Å². The summed E-state index contributed by atoms with van der Waals surface area (Å²) < 4.78 is 13.2. The largest absolute Gasteiger partial charge is 0.388 e. The Bertz CT molecular complexity index is 813. The molecule has 0 saturated heterocycles. The van der Waals surface area contributed by atoms with E-state index in [0.29, 0.717) is 6.54 Å². The number of nitrogens with zero attached hydrogens (tertiary/aromatic N) is 1. The predicted octanol–water partition coefficient (Wildman–Crippen LogP) is 4.36. The van der Waals surface area contributed by atoms with Crippen molar-refractivity contribution in [3.05, 3.63) is 83.7 Å². The van der Waals surface area contributed by atoms with E-state index in [4.69, 9.17) is 0 Å². The summed E-state index contributed by atoms with van der Waals surface area (Å²) >= 11 is 0. The second-order valence-electron chi connectivity index (χ2n) is 6.47. The lowest BCUT2D eigenvalue weighted by Crippen LogP contribution is -2.25. The fraction of sp³-hybridized carbons (Fsp3) is 0.238. The molecule has 0 saturated carbocycles. The van der Waals surface area contributed by atoms with Crippen molar-refractivity contribution in [2.45, 2.75) is 12.0 Å². The van der Waals surface area contributed by atoms with Crippen LogP contribution in [-0.4, -0.2) is 30.6 Å². The number of aliphatic hydroxyl groups excluding tert-OH is 1. The van der Waals surface area contributed by atoms with Gasteiger partial charge in [0.2, 0.25) is 0 Å². The average molecular weight is 323 g/mol. The molecule has 2 atom stereocenters. The summed E-state index contributed by atoms with van der Waals surface area (Å²) in [7, 11) is 3.98. The third-order valence-corrected chi connectivity index (χ3v) is 4.36. The minimum atomic E-state index is -0.686. The monoisotopic (exact) mass is 323 g/mol. The van der Waals surface area contributed by atoms with Gasteiger partial charge in [-0.15, -0.1) is 0 Å². The van der Waals surface area contributed by atoms with Gasteiger partial charge in [-0.1, -0.05) is 54.6 Å². The number of rotatable bonds is 5. The number of fused-ring (bicyclic) bond motifs is 1. The van der Waals surface area contributed by atoms with Crippen molar-refractivity contribution in [1.82, 2.24) is 4.90 Å². The highest BCUT2D eigenvalue weighted by atomic mass is 19.1.